The molecule has 1 heterocycles. The molecule has 0 saturated heterocycles. The number of carbonyl (C=O) groups is 2. The molecular weight excluding hydrogens is 487 g/mol. The van der Waals surface area contributed by atoms with E-state index in [9.17, 15) is 22.8 Å². The fourth-order valence-electron chi connectivity index (χ4n) is 2.92. The first-order valence-electron chi connectivity index (χ1n) is 9.40. The van der Waals surface area contributed by atoms with Gasteiger partial charge in [-0.3, -0.25) is 4.79 Å². The number of thiocarbonyl (C=S) groups is 1. The first-order valence-corrected chi connectivity index (χ1v) is 11.0. The van der Waals surface area contributed by atoms with E-state index in [1.807, 2.05) is 13.8 Å². The van der Waals surface area contributed by atoms with E-state index in [-0.39, 0.29) is 32.3 Å². The third-order valence-corrected chi connectivity index (χ3v) is 6.18. The number of ether oxygens (including phenoxy) is 1. The highest BCUT2D eigenvalue weighted by Crippen LogP contribution is 2.37. The van der Waals surface area contributed by atoms with Crippen molar-refractivity contribution < 1.29 is 27.5 Å². The van der Waals surface area contributed by atoms with Crippen LogP contribution in [0.5, 0.6) is 0 Å². The van der Waals surface area contributed by atoms with Crippen LogP contribution in [-0.4, -0.2) is 42.1 Å². The van der Waals surface area contributed by atoms with Crippen molar-refractivity contribution in [1.82, 2.24) is 4.90 Å². The molecule has 12 heteroatoms. The summed E-state index contributed by atoms with van der Waals surface area (Å²) in [4.78, 5) is 27.1. The van der Waals surface area contributed by atoms with Crippen LogP contribution in [0.15, 0.2) is 18.2 Å². The summed E-state index contributed by atoms with van der Waals surface area (Å²) in [6.45, 7) is 6.20. The molecule has 1 amide bonds. The number of carbonyl (C=O) groups excluding carboxylic acids is 2. The lowest BCUT2D eigenvalue weighted by molar-refractivity contribution is -0.136. The minimum atomic E-state index is -4.66. The molecule has 2 rings (SSSR count). The molecule has 0 saturated carbocycles. The summed E-state index contributed by atoms with van der Waals surface area (Å²) in [5.74, 6) is -0.975. The van der Waals surface area contributed by atoms with Gasteiger partial charge in [0, 0.05) is 18.1 Å². The van der Waals surface area contributed by atoms with Gasteiger partial charge in [-0.25, -0.2) is 4.79 Å². The molecule has 0 unspecified atom stereocenters. The number of esters is 1. The van der Waals surface area contributed by atoms with Gasteiger partial charge >= 0.3 is 12.1 Å². The topological polar surface area (TPSA) is 70.7 Å². The predicted molar refractivity (Wildman–Crippen MR) is 124 cm³/mol. The summed E-state index contributed by atoms with van der Waals surface area (Å²) in [5.41, 5.74) is -0.829. The van der Waals surface area contributed by atoms with E-state index >= 15 is 0 Å². The van der Waals surface area contributed by atoms with E-state index in [4.69, 9.17) is 28.6 Å². The average molecular weight is 508 g/mol. The number of anilines is 2. The molecular formula is C20H21ClF3N3O3S2. The van der Waals surface area contributed by atoms with Gasteiger partial charge in [0.05, 0.1) is 28.8 Å². The Labute approximate surface area is 197 Å². The van der Waals surface area contributed by atoms with Gasteiger partial charge in [0.1, 0.15) is 5.00 Å². The molecule has 2 N–H and O–H groups in total. The lowest BCUT2D eigenvalue weighted by Crippen LogP contribution is -2.30. The van der Waals surface area contributed by atoms with Crippen LogP contribution in [0.25, 0.3) is 0 Å². The number of hydrogen-bond donors (Lipinski definition) is 2. The Morgan fingerprint density at radius 1 is 1.22 bits per heavy atom. The largest absolute Gasteiger partial charge is 0.465 e. The third-order valence-electron chi connectivity index (χ3n) is 4.54. The van der Waals surface area contributed by atoms with Gasteiger partial charge in [-0.2, -0.15) is 13.2 Å². The van der Waals surface area contributed by atoms with E-state index < -0.39 is 17.7 Å². The van der Waals surface area contributed by atoms with E-state index in [2.05, 4.69) is 10.6 Å². The number of rotatable bonds is 6. The zero-order valence-electron chi connectivity index (χ0n) is 17.6. The summed E-state index contributed by atoms with van der Waals surface area (Å²) < 4.78 is 44.9. The Kier molecular flexibility index (Phi) is 8.49. The molecule has 0 spiro atoms. The fraction of sp³-hybridized carbons (Fsp3) is 0.350. The van der Waals surface area contributed by atoms with Gasteiger partial charge in [0.25, 0.3) is 5.91 Å². The maximum absolute atomic E-state index is 13.3. The second kappa shape index (κ2) is 10.5. The summed E-state index contributed by atoms with van der Waals surface area (Å²) in [6.07, 6.45) is -4.66. The molecule has 32 heavy (non-hydrogen) atoms. The number of alkyl halides is 3. The van der Waals surface area contributed by atoms with Crippen LogP contribution < -0.4 is 10.6 Å². The van der Waals surface area contributed by atoms with E-state index in [0.29, 0.717) is 23.5 Å². The molecule has 0 aliphatic heterocycles. The van der Waals surface area contributed by atoms with Gasteiger partial charge in [0.15, 0.2) is 5.11 Å². The van der Waals surface area contributed by atoms with Crippen LogP contribution in [0, 0.1) is 6.92 Å². The average Bonchev–Trinajstić information content (AvgIpc) is 3.04. The van der Waals surface area contributed by atoms with Crippen molar-refractivity contribution in [3.63, 3.8) is 0 Å². The van der Waals surface area contributed by atoms with Crippen molar-refractivity contribution in [1.29, 1.82) is 0 Å². The molecule has 0 bridgehead atoms. The van der Waals surface area contributed by atoms with Crippen molar-refractivity contribution in [2.24, 2.45) is 0 Å². The van der Waals surface area contributed by atoms with Crippen LogP contribution in [0.3, 0.4) is 0 Å². The van der Waals surface area contributed by atoms with Gasteiger partial charge in [-0.15, -0.1) is 11.3 Å². The Morgan fingerprint density at radius 2 is 1.84 bits per heavy atom. The Bertz CT molecular complexity index is 1040. The van der Waals surface area contributed by atoms with Crippen molar-refractivity contribution in [3.8, 4) is 0 Å². The predicted octanol–water partition coefficient (Wildman–Crippen LogP) is 5.81. The quantitative estimate of drug-likeness (QED) is 0.380. The van der Waals surface area contributed by atoms with E-state index in [1.54, 1.807) is 11.8 Å². The molecule has 0 fully saturated rings. The van der Waals surface area contributed by atoms with Gasteiger partial charge in [0.2, 0.25) is 0 Å². The monoisotopic (exact) mass is 507 g/mol. The lowest BCUT2D eigenvalue weighted by atomic mass is 10.1. The van der Waals surface area contributed by atoms with Crippen LogP contribution in [0.2, 0.25) is 5.02 Å². The molecule has 0 atom stereocenters. The van der Waals surface area contributed by atoms with E-state index in [0.717, 1.165) is 23.5 Å². The highest BCUT2D eigenvalue weighted by Gasteiger charge is 2.34. The number of benzene rings is 1. The molecule has 2 aromatic rings. The maximum Gasteiger partial charge on any atom is 0.418 e. The first-order chi connectivity index (χ1) is 14.9. The molecule has 1 aromatic carbocycles. The Morgan fingerprint density at radius 3 is 2.38 bits per heavy atom. The highest BCUT2D eigenvalue weighted by atomic mass is 35.5. The first kappa shape index (κ1) is 25.9. The maximum atomic E-state index is 13.3. The van der Waals surface area contributed by atoms with Crippen molar-refractivity contribution >= 4 is 62.8 Å². The van der Waals surface area contributed by atoms with Crippen LogP contribution in [0.1, 0.15) is 45.0 Å². The number of amides is 1. The summed E-state index contributed by atoms with van der Waals surface area (Å²) in [5, 5.41) is 5.11. The normalized spacial score (nSPS) is 11.1. The summed E-state index contributed by atoms with van der Waals surface area (Å²) in [7, 11) is 1.19. The second-order valence-electron chi connectivity index (χ2n) is 6.50. The van der Waals surface area contributed by atoms with Gasteiger partial charge < -0.3 is 20.3 Å². The molecule has 0 aliphatic carbocycles. The summed E-state index contributed by atoms with van der Waals surface area (Å²) >= 11 is 11.8. The lowest BCUT2D eigenvalue weighted by Gasteiger charge is -2.18. The second-order valence-corrected chi connectivity index (χ2v) is 8.36. The molecule has 174 valence electrons. The molecule has 6 nitrogen and oxygen atoms in total. The highest BCUT2D eigenvalue weighted by molar-refractivity contribution is 7.80. The van der Waals surface area contributed by atoms with Crippen LogP contribution in [-0.2, 0) is 10.9 Å². The summed E-state index contributed by atoms with van der Waals surface area (Å²) in [6, 6.07) is 3.22. The van der Waals surface area contributed by atoms with Gasteiger partial charge in [-0.05, 0) is 56.8 Å². The standard InChI is InChI=1S/C20H21ClF3N3O3S2/c1-5-27(6-2)17(28)15-10(3)14(18(29)30-4)16(32-15)26-19(31)25-13-8-7-11(21)9-12(13)20(22,23)24/h7-9H,5-6H2,1-4H3,(H2,25,26,31). The Hall–Kier alpha value is -2.37. The third kappa shape index (κ3) is 5.70. The zero-order valence-corrected chi connectivity index (χ0v) is 20.0. The molecule has 0 radical (unpaired) electrons. The number of nitrogens with zero attached hydrogens (tertiary/aromatic N) is 1. The number of halogens is 4. The number of methoxy groups -OCH3 is 1. The molecule has 1 aromatic heterocycles. The zero-order chi connectivity index (χ0) is 24.2. The number of nitrogens with one attached hydrogen (secondary N) is 2. The van der Waals surface area contributed by atoms with Crippen molar-refractivity contribution in [2.45, 2.75) is 26.9 Å². The van der Waals surface area contributed by atoms with Gasteiger partial charge in [-0.1, -0.05) is 11.6 Å². The van der Waals surface area contributed by atoms with Crippen molar-refractivity contribution in [2.75, 3.05) is 30.8 Å². The Balaban J connectivity index is 2.40. The minimum Gasteiger partial charge on any atom is -0.465 e. The fourth-order valence-corrected chi connectivity index (χ4v) is 4.54. The number of thiophene rings is 1. The molecule has 0 aliphatic rings. The van der Waals surface area contributed by atoms with Crippen molar-refractivity contribution in [3.05, 3.63) is 44.8 Å². The SMILES string of the molecule is CCN(CC)C(=O)c1sc(NC(=S)Nc2ccc(Cl)cc2C(F)(F)F)c(C(=O)OC)c1C. The number of hydrogen-bond acceptors (Lipinski definition) is 5. The van der Waals surface area contributed by atoms with Crippen LogP contribution >= 0.6 is 35.2 Å². The smallest absolute Gasteiger partial charge is 0.418 e. The van der Waals surface area contributed by atoms with E-state index in [1.165, 1.54) is 13.2 Å². The van der Waals surface area contributed by atoms with Crippen LogP contribution in [0.4, 0.5) is 23.9 Å². The minimum absolute atomic E-state index is 0.0804.